The van der Waals surface area contributed by atoms with Gasteiger partial charge in [0.1, 0.15) is 12.3 Å². The maximum Gasteiger partial charge on any atom is 0.312 e. The second-order valence-corrected chi connectivity index (χ2v) is 3.10. The Labute approximate surface area is 80.3 Å². The first-order valence-corrected chi connectivity index (χ1v) is 4.05. The van der Waals surface area contributed by atoms with Gasteiger partial charge in [-0.15, -0.1) is 0 Å². The number of carbonyl (C=O) groups is 3. The Hall–Kier alpha value is -1.90. The number of likely N-dealkylation sites (tertiary alicyclic amines) is 1. The molecule has 2 N–H and O–H groups in total. The fourth-order valence-electron chi connectivity index (χ4n) is 1.46. The van der Waals surface area contributed by atoms with Crippen molar-refractivity contribution in [2.75, 3.05) is 6.54 Å². The Morgan fingerprint density at radius 3 is 2.64 bits per heavy atom. The number of nitrogens with zero attached hydrogens (tertiary/aromatic N) is 2. The highest BCUT2D eigenvalue weighted by molar-refractivity contribution is 6.34. The molecule has 1 rings (SSSR count). The maximum absolute atomic E-state index is 11.2. The Balaban J connectivity index is 2.79. The van der Waals surface area contributed by atoms with Crippen molar-refractivity contribution in [3.8, 4) is 6.07 Å². The fraction of sp³-hybridized carbons (Fsp3) is 0.500. The van der Waals surface area contributed by atoms with Gasteiger partial charge in [0.25, 0.3) is 0 Å². The SMILES string of the molecule is N#CC1CC(C=O)CN1C(=O)C(N)=O. The van der Waals surface area contributed by atoms with Crippen LogP contribution in [0.1, 0.15) is 6.42 Å². The molecule has 1 aliphatic heterocycles. The normalized spacial score (nSPS) is 25.5. The summed E-state index contributed by atoms with van der Waals surface area (Å²) in [5.41, 5.74) is 4.79. The lowest BCUT2D eigenvalue weighted by Crippen LogP contribution is -2.42. The van der Waals surface area contributed by atoms with Crippen LogP contribution in [0.25, 0.3) is 0 Å². The molecule has 0 radical (unpaired) electrons. The molecule has 1 aliphatic rings. The predicted octanol–water partition coefficient (Wildman–Crippen LogP) is -1.59. The van der Waals surface area contributed by atoms with Gasteiger partial charge in [0, 0.05) is 12.5 Å². The lowest BCUT2D eigenvalue weighted by Gasteiger charge is -2.16. The van der Waals surface area contributed by atoms with Gasteiger partial charge < -0.3 is 15.4 Å². The average molecular weight is 195 g/mol. The number of carbonyl (C=O) groups excluding carboxylic acids is 3. The molecule has 0 aromatic rings. The zero-order valence-corrected chi connectivity index (χ0v) is 7.34. The van der Waals surface area contributed by atoms with Crippen LogP contribution in [-0.4, -0.2) is 35.6 Å². The molecule has 2 atom stereocenters. The van der Waals surface area contributed by atoms with E-state index in [0.717, 1.165) is 4.90 Å². The second-order valence-electron chi connectivity index (χ2n) is 3.10. The lowest BCUT2D eigenvalue weighted by atomic mass is 10.1. The van der Waals surface area contributed by atoms with Crippen LogP contribution >= 0.6 is 0 Å². The van der Waals surface area contributed by atoms with Gasteiger partial charge in [-0.25, -0.2) is 0 Å². The molecule has 14 heavy (non-hydrogen) atoms. The topological polar surface area (TPSA) is 104 Å². The van der Waals surface area contributed by atoms with E-state index in [-0.39, 0.29) is 18.9 Å². The predicted molar refractivity (Wildman–Crippen MR) is 44.5 cm³/mol. The van der Waals surface area contributed by atoms with E-state index in [1.54, 1.807) is 0 Å². The molecular formula is C8H9N3O3. The molecular weight excluding hydrogens is 186 g/mol. The Morgan fingerprint density at radius 1 is 1.57 bits per heavy atom. The van der Waals surface area contributed by atoms with Crippen LogP contribution in [-0.2, 0) is 14.4 Å². The fourth-order valence-corrected chi connectivity index (χ4v) is 1.46. The first-order chi connectivity index (χ1) is 6.60. The number of hydrogen-bond acceptors (Lipinski definition) is 4. The van der Waals surface area contributed by atoms with Crippen LogP contribution in [0, 0.1) is 17.2 Å². The van der Waals surface area contributed by atoms with E-state index in [1.165, 1.54) is 0 Å². The van der Waals surface area contributed by atoms with Gasteiger partial charge in [-0.3, -0.25) is 9.59 Å². The third-order valence-corrected chi connectivity index (χ3v) is 2.15. The van der Waals surface area contributed by atoms with Gasteiger partial charge in [0.05, 0.1) is 6.07 Å². The van der Waals surface area contributed by atoms with Crippen LogP contribution in [0.3, 0.4) is 0 Å². The van der Waals surface area contributed by atoms with E-state index in [1.807, 2.05) is 6.07 Å². The zero-order valence-electron chi connectivity index (χ0n) is 7.34. The smallest absolute Gasteiger partial charge is 0.312 e. The van der Waals surface area contributed by atoms with Crippen molar-refractivity contribution in [3.63, 3.8) is 0 Å². The molecule has 6 nitrogen and oxygen atoms in total. The number of rotatable bonds is 1. The number of amides is 2. The second kappa shape index (κ2) is 3.87. The van der Waals surface area contributed by atoms with Crippen molar-refractivity contribution in [2.45, 2.75) is 12.5 Å². The van der Waals surface area contributed by atoms with Crippen LogP contribution in [0.15, 0.2) is 0 Å². The summed E-state index contributed by atoms with van der Waals surface area (Å²) in [6, 6.07) is 1.14. The highest BCUT2D eigenvalue weighted by atomic mass is 16.2. The molecule has 0 aromatic heterocycles. The Morgan fingerprint density at radius 2 is 2.21 bits per heavy atom. The molecule has 1 saturated heterocycles. The quantitative estimate of drug-likeness (QED) is 0.402. The molecule has 74 valence electrons. The van der Waals surface area contributed by atoms with Crippen molar-refractivity contribution in [2.24, 2.45) is 11.7 Å². The van der Waals surface area contributed by atoms with E-state index in [2.05, 4.69) is 0 Å². The zero-order chi connectivity index (χ0) is 10.7. The molecule has 0 bridgehead atoms. The van der Waals surface area contributed by atoms with Crippen LogP contribution in [0.4, 0.5) is 0 Å². The first kappa shape index (κ1) is 10.2. The van der Waals surface area contributed by atoms with Crippen LogP contribution in [0.5, 0.6) is 0 Å². The molecule has 0 aromatic carbocycles. The van der Waals surface area contributed by atoms with E-state index in [4.69, 9.17) is 11.0 Å². The molecule has 1 fully saturated rings. The van der Waals surface area contributed by atoms with Gasteiger partial charge in [0.15, 0.2) is 0 Å². The van der Waals surface area contributed by atoms with Crippen LogP contribution in [0.2, 0.25) is 0 Å². The Kier molecular flexibility index (Phi) is 2.82. The lowest BCUT2D eigenvalue weighted by molar-refractivity contribution is -0.144. The summed E-state index contributed by atoms with van der Waals surface area (Å²) in [7, 11) is 0. The van der Waals surface area contributed by atoms with Crippen molar-refractivity contribution in [3.05, 3.63) is 0 Å². The van der Waals surface area contributed by atoms with Crippen molar-refractivity contribution >= 4 is 18.1 Å². The van der Waals surface area contributed by atoms with E-state index in [9.17, 15) is 14.4 Å². The van der Waals surface area contributed by atoms with Crippen molar-refractivity contribution < 1.29 is 14.4 Å². The van der Waals surface area contributed by atoms with Gasteiger partial charge in [0.2, 0.25) is 0 Å². The number of hydrogen-bond donors (Lipinski definition) is 1. The van der Waals surface area contributed by atoms with E-state index >= 15 is 0 Å². The molecule has 0 aliphatic carbocycles. The van der Waals surface area contributed by atoms with E-state index < -0.39 is 17.9 Å². The third-order valence-electron chi connectivity index (χ3n) is 2.15. The monoisotopic (exact) mass is 195 g/mol. The summed E-state index contributed by atoms with van der Waals surface area (Å²) < 4.78 is 0. The molecule has 2 amide bonds. The molecule has 2 unspecified atom stereocenters. The van der Waals surface area contributed by atoms with Crippen molar-refractivity contribution in [1.82, 2.24) is 4.90 Å². The van der Waals surface area contributed by atoms with Gasteiger partial charge >= 0.3 is 11.8 Å². The summed E-state index contributed by atoms with van der Waals surface area (Å²) in [6.07, 6.45) is 0.956. The molecule has 0 saturated carbocycles. The highest BCUT2D eigenvalue weighted by Crippen LogP contribution is 2.21. The van der Waals surface area contributed by atoms with Gasteiger partial charge in [-0.05, 0) is 6.42 Å². The number of nitriles is 1. The minimum absolute atomic E-state index is 0.101. The average Bonchev–Trinajstić information content (AvgIpc) is 2.59. The summed E-state index contributed by atoms with van der Waals surface area (Å²) in [5, 5.41) is 8.67. The number of primary amides is 1. The third kappa shape index (κ3) is 1.71. The minimum Gasteiger partial charge on any atom is -0.361 e. The van der Waals surface area contributed by atoms with E-state index in [0.29, 0.717) is 6.29 Å². The summed E-state index contributed by atoms with van der Waals surface area (Å²) >= 11 is 0. The largest absolute Gasteiger partial charge is 0.361 e. The minimum atomic E-state index is -1.10. The van der Waals surface area contributed by atoms with Gasteiger partial charge in [-0.1, -0.05) is 0 Å². The maximum atomic E-state index is 11.2. The molecule has 0 spiro atoms. The Bertz CT molecular complexity index is 320. The highest BCUT2D eigenvalue weighted by Gasteiger charge is 2.36. The first-order valence-electron chi connectivity index (χ1n) is 4.05. The molecule has 1 heterocycles. The molecule has 6 heteroatoms. The van der Waals surface area contributed by atoms with Crippen LogP contribution < -0.4 is 5.73 Å². The van der Waals surface area contributed by atoms with Gasteiger partial charge in [-0.2, -0.15) is 5.26 Å². The summed E-state index contributed by atoms with van der Waals surface area (Å²) in [5.74, 6) is -2.37. The van der Waals surface area contributed by atoms with Crippen molar-refractivity contribution in [1.29, 1.82) is 5.26 Å². The number of nitrogens with two attached hydrogens (primary N) is 1. The summed E-state index contributed by atoms with van der Waals surface area (Å²) in [4.78, 5) is 33.2. The standard InChI is InChI=1S/C8H9N3O3/c9-2-6-1-5(4-12)3-11(6)8(14)7(10)13/h4-6H,1,3H2,(H2,10,13). The summed E-state index contributed by atoms with van der Waals surface area (Å²) in [6.45, 7) is 0.101. The number of aldehydes is 1.